The van der Waals surface area contributed by atoms with Gasteiger partial charge in [-0.15, -0.1) is 46.4 Å². The third-order valence-electron chi connectivity index (χ3n) is 1.04. The Hall–Kier alpha value is 1.16. The maximum Gasteiger partial charge on any atom is 0.120 e. The number of alkyl halides is 4. The van der Waals surface area contributed by atoms with E-state index < -0.39 is 4.33 Å². The van der Waals surface area contributed by atoms with Crippen LogP contribution in [0.3, 0.4) is 0 Å². The van der Waals surface area contributed by atoms with Gasteiger partial charge in [0.15, 0.2) is 0 Å². The fraction of sp³-hybridized carbons (Fsp3) is 1.00. The van der Waals surface area contributed by atoms with Crippen molar-refractivity contribution >= 4 is 46.4 Å². The summed E-state index contributed by atoms with van der Waals surface area (Å²) < 4.78 is -0.747. The van der Waals surface area contributed by atoms with E-state index in [1.54, 1.807) is 0 Å². The van der Waals surface area contributed by atoms with Crippen LogP contribution in [-0.4, -0.2) is 15.6 Å². The van der Waals surface area contributed by atoms with Gasteiger partial charge in [-0.2, -0.15) is 0 Å². The Balaban J connectivity index is 3.63. The van der Waals surface area contributed by atoms with Gasteiger partial charge in [0.05, 0.1) is 0 Å². The van der Waals surface area contributed by atoms with Crippen LogP contribution in [0.2, 0.25) is 0 Å². The highest BCUT2D eigenvalue weighted by Gasteiger charge is 2.24. The van der Waals surface area contributed by atoms with Crippen molar-refractivity contribution in [3.05, 3.63) is 0 Å². The molecule has 0 N–H and O–H groups in total. The van der Waals surface area contributed by atoms with Crippen LogP contribution < -0.4 is 0 Å². The molecule has 0 amide bonds. The first kappa shape index (κ1) is 11.2. The van der Waals surface area contributed by atoms with Gasteiger partial charge in [-0.05, 0) is 19.8 Å². The van der Waals surface area contributed by atoms with Crippen LogP contribution in [-0.2, 0) is 0 Å². The lowest BCUT2D eigenvalue weighted by atomic mass is 10.2. The molecule has 62 valence electrons. The van der Waals surface area contributed by atoms with Crippen molar-refractivity contribution in [1.29, 1.82) is 0 Å². The van der Waals surface area contributed by atoms with E-state index in [0.717, 1.165) is 0 Å². The third kappa shape index (κ3) is 5.91. The second kappa shape index (κ2) is 4.92. The molecule has 0 saturated carbocycles. The quantitative estimate of drug-likeness (QED) is 0.637. The lowest BCUT2D eigenvalue weighted by Crippen LogP contribution is -2.17. The topological polar surface area (TPSA) is 0 Å². The highest BCUT2D eigenvalue weighted by atomic mass is 35.5. The van der Waals surface area contributed by atoms with Gasteiger partial charge in [0.25, 0.3) is 0 Å². The molecular formula is C6H10Cl4. The second-order valence-electron chi connectivity index (χ2n) is 2.28. The molecule has 0 saturated heterocycles. The molecule has 1 atom stereocenters. The molecule has 1 unspecified atom stereocenters. The zero-order chi connectivity index (χ0) is 8.20. The largest absolute Gasteiger partial charge is 0.127 e. The molecule has 0 bridgehead atoms. The predicted octanol–water partition coefficient (Wildman–Crippen LogP) is 3.81. The summed E-state index contributed by atoms with van der Waals surface area (Å²) in [5.74, 6) is 0.469. The third-order valence-corrected chi connectivity index (χ3v) is 2.07. The summed E-state index contributed by atoms with van der Waals surface area (Å²) in [6, 6.07) is 0. The maximum atomic E-state index is 5.83. The number of hydrogen-bond acceptors (Lipinski definition) is 0. The van der Waals surface area contributed by atoms with Crippen molar-refractivity contribution in [2.45, 2.75) is 29.5 Å². The highest BCUT2D eigenvalue weighted by molar-refractivity contribution is 6.49. The van der Waals surface area contributed by atoms with Gasteiger partial charge in [0.1, 0.15) is 4.33 Å². The molecule has 0 aliphatic rings. The van der Waals surface area contributed by atoms with E-state index in [1.165, 1.54) is 0 Å². The van der Waals surface area contributed by atoms with E-state index in [2.05, 4.69) is 0 Å². The van der Waals surface area contributed by atoms with Crippen molar-refractivity contribution in [3.8, 4) is 0 Å². The summed E-state index contributed by atoms with van der Waals surface area (Å²) in [7, 11) is 0. The Labute approximate surface area is 81.8 Å². The molecule has 0 rings (SSSR count). The molecule has 0 aromatic carbocycles. The summed E-state index contributed by atoms with van der Waals surface area (Å²) >= 11 is 22.8. The van der Waals surface area contributed by atoms with E-state index in [4.69, 9.17) is 46.4 Å². The van der Waals surface area contributed by atoms with E-state index in [9.17, 15) is 0 Å². The summed E-state index contributed by atoms with van der Waals surface area (Å²) in [6.45, 7) is 1.86. The minimum Gasteiger partial charge on any atom is -0.127 e. The van der Waals surface area contributed by atoms with E-state index in [0.29, 0.717) is 18.7 Å². The average molecular weight is 224 g/mol. The van der Waals surface area contributed by atoms with Gasteiger partial charge in [0, 0.05) is 11.3 Å². The van der Waals surface area contributed by atoms with Crippen molar-refractivity contribution in [3.63, 3.8) is 0 Å². The van der Waals surface area contributed by atoms with Crippen LogP contribution in [0.4, 0.5) is 0 Å². The summed E-state index contributed by atoms with van der Waals surface area (Å²) in [6.07, 6.45) is 1.15. The normalized spacial score (nSPS) is 15.3. The Morgan fingerprint density at radius 1 is 1.40 bits per heavy atom. The van der Waals surface area contributed by atoms with Crippen molar-refractivity contribution in [2.24, 2.45) is 0 Å². The van der Waals surface area contributed by atoms with Crippen LogP contribution >= 0.6 is 46.4 Å². The van der Waals surface area contributed by atoms with Gasteiger partial charge in [0.2, 0.25) is 0 Å². The average Bonchev–Trinajstić information content (AvgIpc) is 1.59. The van der Waals surface area contributed by atoms with Crippen molar-refractivity contribution in [2.75, 3.05) is 5.88 Å². The number of halogens is 4. The van der Waals surface area contributed by atoms with E-state index in [-0.39, 0.29) is 5.38 Å². The number of hydrogen-bond donors (Lipinski definition) is 0. The standard InChI is InChI=1S/C6H10Cl4/c1-5(8)4-6(9,10)2-3-7/h5H,2-4H2,1H3. The predicted molar refractivity (Wildman–Crippen MR) is 49.7 cm³/mol. The van der Waals surface area contributed by atoms with E-state index in [1.807, 2.05) is 6.92 Å². The van der Waals surface area contributed by atoms with Gasteiger partial charge in [-0.3, -0.25) is 0 Å². The Morgan fingerprint density at radius 3 is 2.20 bits per heavy atom. The lowest BCUT2D eigenvalue weighted by Gasteiger charge is -2.18. The molecule has 0 radical (unpaired) electrons. The molecule has 0 fully saturated rings. The molecule has 0 aliphatic carbocycles. The molecule has 0 heterocycles. The highest BCUT2D eigenvalue weighted by Crippen LogP contribution is 2.32. The van der Waals surface area contributed by atoms with Crippen LogP contribution in [0.5, 0.6) is 0 Å². The fourth-order valence-corrected chi connectivity index (χ4v) is 2.24. The minimum absolute atomic E-state index is 0.00165. The van der Waals surface area contributed by atoms with Gasteiger partial charge < -0.3 is 0 Å². The van der Waals surface area contributed by atoms with Crippen molar-refractivity contribution in [1.82, 2.24) is 0 Å². The summed E-state index contributed by atoms with van der Waals surface area (Å²) in [4.78, 5) is 0. The Bertz CT molecular complexity index is 89.7. The molecule has 4 heteroatoms. The number of rotatable bonds is 4. The molecule has 0 nitrogen and oxygen atoms in total. The summed E-state index contributed by atoms with van der Waals surface area (Å²) in [5.41, 5.74) is 0. The monoisotopic (exact) mass is 222 g/mol. The first-order valence-electron chi connectivity index (χ1n) is 3.06. The first-order chi connectivity index (χ1) is 4.48. The summed E-state index contributed by atoms with van der Waals surface area (Å²) in [5, 5.41) is -0.00165. The lowest BCUT2D eigenvalue weighted by molar-refractivity contribution is 0.665. The smallest absolute Gasteiger partial charge is 0.120 e. The fourth-order valence-electron chi connectivity index (χ4n) is 0.652. The SMILES string of the molecule is CC(Cl)CC(Cl)(Cl)CCCl. The maximum absolute atomic E-state index is 5.83. The van der Waals surface area contributed by atoms with Crippen molar-refractivity contribution < 1.29 is 0 Å². The van der Waals surface area contributed by atoms with Gasteiger partial charge in [-0.25, -0.2) is 0 Å². The first-order valence-corrected chi connectivity index (χ1v) is 4.78. The Morgan fingerprint density at radius 2 is 1.90 bits per heavy atom. The van der Waals surface area contributed by atoms with Crippen LogP contribution in [0, 0.1) is 0 Å². The zero-order valence-electron chi connectivity index (χ0n) is 5.71. The van der Waals surface area contributed by atoms with Crippen LogP contribution in [0.15, 0.2) is 0 Å². The van der Waals surface area contributed by atoms with E-state index >= 15 is 0 Å². The minimum atomic E-state index is -0.747. The molecule has 0 aromatic heterocycles. The molecule has 0 spiro atoms. The second-order valence-corrected chi connectivity index (χ2v) is 5.04. The molecule has 0 aliphatic heterocycles. The molecular weight excluding hydrogens is 214 g/mol. The molecule has 0 aromatic rings. The Kier molecular flexibility index (Phi) is 5.49. The van der Waals surface area contributed by atoms with Crippen LogP contribution in [0.25, 0.3) is 0 Å². The van der Waals surface area contributed by atoms with Crippen LogP contribution in [0.1, 0.15) is 19.8 Å². The molecule has 10 heavy (non-hydrogen) atoms. The van der Waals surface area contributed by atoms with Gasteiger partial charge >= 0.3 is 0 Å². The van der Waals surface area contributed by atoms with Gasteiger partial charge in [-0.1, -0.05) is 0 Å². The zero-order valence-corrected chi connectivity index (χ0v) is 8.73.